The fraction of sp³-hybridized carbons (Fsp3) is 1.00. The van der Waals surface area contributed by atoms with E-state index in [9.17, 15) is 10.2 Å². The van der Waals surface area contributed by atoms with E-state index in [0.717, 1.165) is 12.3 Å². The summed E-state index contributed by atoms with van der Waals surface area (Å²) in [6, 6.07) is 0. The normalized spacial score (nSPS) is 59.3. The molecule has 32 heavy (non-hydrogen) atoms. The fourth-order valence-electron chi connectivity index (χ4n) is 11.5. The summed E-state index contributed by atoms with van der Waals surface area (Å²) in [5.74, 6) is 2.46. The highest BCUT2D eigenvalue weighted by atomic mass is 16.3. The molecule has 2 nitrogen and oxygen atoms in total. The van der Waals surface area contributed by atoms with Crippen LogP contribution in [0.2, 0.25) is 0 Å². The van der Waals surface area contributed by atoms with E-state index in [-0.39, 0.29) is 22.3 Å². The highest BCUT2D eigenvalue weighted by molar-refractivity contribution is 5.20. The molecule has 0 aromatic heterocycles. The number of fused-ring (bicyclic) bond motifs is 7. The summed E-state index contributed by atoms with van der Waals surface area (Å²) in [4.78, 5) is 0. The van der Waals surface area contributed by atoms with Crippen LogP contribution in [0.3, 0.4) is 0 Å². The molecule has 5 fully saturated rings. The van der Waals surface area contributed by atoms with Crippen LogP contribution in [0, 0.1) is 56.2 Å². The Balaban J connectivity index is 1.57. The first-order chi connectivity index (χ1) is 14.8. The molecule has 5 aliphatic rings. The first kappa shape index (κ1) is 23.7. The maximum Gasteiger partial charge on any atom is 0.0571 e. The van der Waals surface area contributed by atoms with Gasteiger partial charge in [0.05, 0.1) is 6.10 Å². The molecule has 0 saturated heterocycles. The van der Waals surface area contributed by atoms with Crippen LogP contribution in [-0.2, 0) is 0 Å². The Hall–Kier alpha value is -0.0800. The molecule has 5 aliphatic carbocycles. The molecule has 0 spiro atoms. The molecule has 0 aromatic rings. The molecular formula is C30H52O2. The third kappa shape index (κ3) is 2.78. The molecular weight excluding hydrogens is 392 g/mol. The van der Waals surface area contributed by atoms with Crippen LogP contribution in [0.25, 0.3) is 0 Å². The van der Waals surface area contributed by atoms with Crippen molar-refractivity contribution < 1.29 is 10.2 Å². The molecule has 2 heteroatoms. The first-order valence-corrected chi connectivity index (χ1v) is 14.1. The molecule has 184 valence electrons. The van der Waals surface area contributed by atoms with Crippen molar-refractivity contribution in [2.24, 2.45) is 56.2 Å². The van der Waals surface area contributed by atoms with E-state index >= 15 is 0 Å². The van der Waals surface area contributed by atoms with Crippen LogP contribution in [0.4, 0.5) is 0 Å². The monoisotopic (exact) mass is 444 g/mol. The average Bonchev–Trinajstić information content (AvgIpc) is 2.73. The zero-order valence-corrected chi connectivity index (χ0v) is 22.3. The highest BCUT2D eigenvalue weighted by Crippen LogP contribution is 2.78. The van der Waals surface area contributed by atoms with Crippen LogP contribution < -0.4 is 0 Å². The Morgan fingerprint density at radius 1 is 0.688 bits per heavy atom. The van der Waals surface area contributed by atoms with Crippen LogP contribution in [0.5, 0.6) is 0 Å². The number of aliphatic hydroxyl groups excluding tert-OH is 2. The predicted molar refractivity (Wildman–Crippen MR) is 132 cm³/mol. The van der Waals surface area contributed by atoms with E-state index in [0.29, 0.717) is 40.6 Å². The maximum atomic E-state index is 11.3. The van der Waals surface area contributed by atoms with Gasteiger partial charge in [0.1, 0.15) is 0 Å². The van der Waals surface area contributed by atoms with Gasteiger partial charge >= 0.3 is 0 Å². The van der Waals surface area contributed by atoms with Gasteiger partial charge in [0.25, 0.3) is 0 Å². The van der Waals surface area contributed by atoms with Gasteiger partial charge in [-0.3, -0.25) is 0 Å². The third-order valence-electron chi connectivity index (χ3n) is 13.9. The minimum atomic E-state index is -0.128. The summed E-state index contributed by atoms with van der Waals surface area (Å²) >= 11 is 0. The summed E-state index contributed by atoms with van der Waals surface area (Å²) in [6.07, 6.45) is 13.8. The van der Waals surface area contributed by atoms with Crippen molar-refractivity contribution in [1.29, 1.82) is 0 Å². The molecule has 5 saturated carbocycles. The van der Waals surface area contributed by atoms with Crippen molar-refractivity contribution in [2.45, 2.75) is 125 Å². The Kier molecular flexibility index (Phi) is 5.17. The second-order valence-corrected chi connectivity index (χ2v) is 15.4. The first-order valence-electron chi connectivity index (χ1n) is 14.1. The number of hydrogen-bond acceptors (Lipinski definition) is 2. The van der Waals surface area contributed by atoms with Gasteiger partial charge in [0.15, 0.2) is 0 Å². The maximum absolute atomic E-state index is 11.3. The summed E-state index contributed by atoms with van der Waals surface area (Å²) in [7, 11) is 0. The SMILES string of the molecule is CC1C(O)CCC2C1(C)CCC1C2(C)CCC2(C)C3CC(C)(C)CCC3(C)CCC12CO. The molecule has 0 bridgehead atoms. The van der Waals surface area contributed by atoms with Crippen molar-refractivity contribution in [3.63, 3.8) is 0 Å². The van der Waals surface area contributed by atoms with Gasteiger partial charge in [-0.25, -0.2) is 0 Å². The molecule has 10 unspecified atom stereocenters. The van der Waals surface area contributed by atoms with Crippen LogP contribution in [-0.4, -0.2) is 22.9 Å². The van der Waals surface area contributed by atoms with Gasteiger partial charge in [-0.2, -0.15) is 0 Å². The van der Waals surface area contributed by atoms with Crippen LogP contribution >= 0.6 is 0 Å². The van der Waals surface area contributed by atoms with E-state index < -0.39 is 0 Å². The summed E-state index contributed by atoms with van der Waals surface area (Å²) in [5.41, 5.74) is 1.79. The van der Waals surface area contributed by atoms with Gasteiger partial charge in [-0.15, -0.1) is 0 Å². The quantitative estimate of drug-likeness (QED) is 0.448. The lowest BCUT2D eigenvalue weighted by molar-refractivity contribution is -0.278. The van der Waals surface area contributed by atoms with Crippen LogP contribution in [0.15, 0.2) is 0 Å². The van der Waals surface area contributed by atoms with E-state index in [4.69, 9.17) is 0 Å². The zero-order chi connectivity index (χ0) is 23.4. The number of rotatable bonds is 1. The molecule has 0 aliphatic heterocycles. The lowest BCUT2D eigenvalue weighted by Crippen LogP contribution is -2.69. The van der Waals surface area contributed by atoms with Crippen molar-refractivity contribution in [1.82, 2.24) is 0 Å². The molecule has 0 amide bonds. The molecule has 5 rings (SSSR count). The molecule has 0 aromatic carbocycles. The Morgan fingerprint density at radius 2 is 1.38 bits per heavy atom. The Labute approximate surface area is 198 Å². The summed E-state index contributed by atoms with van der Waals surface area (Å²) in [6.45, 7) is 18.1. The van der Waals surface area contributed by atoms with Gasteiger partial charge in [0, 0.05) is 12.0 Å². The van der Waals surface area contributed by atoms with E-state index in [2.05, 4.69) is 48.5 Å². The van der Waals surface area contributed by atoms with Crippen molar-refractivity contribution in [3.05, 3.63) is 0 Å². The molecule has 0 radical (unpaired) electrons. The summed E-state index contributed by atoms with van der Waals surface area (Å²) in [5, 5.41) is 22.1. The molecule has 0 heterocycles. The highest BCUT2D eigenvalue weighted by Gasteiger charge is 2.72. The smallest absolute Gasteiger partial charge is 0.0571 e. The number of aliphatic hydroxyl groups is 2. The van der Waals surface area contributed by atoms with E-state index in [1.165, 1.54) is 64.2 Å². The van der Waals surface area contributed by atoms with Crippen molar-refractivity contribution in [3.8, 4) is 0 Å². The second kappa shape index (κ2) is 6.99. The van der Waals surface area contributed by atoms with Crippen molar-refractivity contribution >= 4 is 0 Å². The fourth-order valence-corrected chi connectivity index (χ4v) is 11.5. The lowest BCUT2D eigenvalue weighted by atomic mass is 9.30. The van der Waals surface area contributed by atoms with Crippen molar-refractivity contribution in [2.75, 3.05) is 6.61 Å². The minimum absolute atomic E-state index is 0.0816. The minimum Gasteiger partial charge on any atom is -0.396 e. The Morgan fingerprint density at radius 3 is 2.06 bits per heavy atom. The Bertz CT molecular complexity index is 760. The van der Waals surface area contributed by atoms with Gasteiger partial charge < -0.3 is 10.2 Å². The van der Waals surface area contributed by atoms with Gasteiger partial charge in [-0.05, 0) is 121 Å². The largest absolute Gasteiger partial charge is 0.396 e. The zero-order valence-electron chi connectivity index (χ0n) is 22.3. The van der Waals surface area contributed by atoms with Gasteiger partial charge in [0.2, 0.25) is 0 Å². The van der Waals surface area contributed by atoms with E-state index in [1.54, 1.807) is 0 Å². The second-order valence-electron chi connectivity index (χ2n) is 15.4. The standard InChI is InChI=1S/C30H52O2/c1-20-21(32)8-9-22-27(20,5)11-10-23-28(22,6)15-16-29(7)24-18-25(2,3)12-13-26(24,4)14-17-30(23,29)19-31/h20-24,31-32H,8-19H2,1-7H3. The van der Waals surface area contributed by atoms with Gasteiger partial charge in [-0.1, -0.05) is 48.5 Å². The topological polar surface area (TPSA) is 40.5 Å². The van der Waals surface area contributed by atoms with Crippen LogP contribution in [0.1, 0.15) is 119 Å². The summed E-state index contributed by atoms with van der Waals surface area (Å²) < 4.78 is 0. The molecule has 10 atom stereocenters. The average molecular weight is 445 g/mol. The van der Waals surface area contributed by atoms with E-state index in [1.807, 2.05) is 0 Å². The predicted octanol–water partition coefficient (Wildman–Crippen LogP) is 7.22. The number of hydrogen-bond donors (Lipinski definition) is 2. The lowest BCUT2D eigenvalue weighted by Gasteiger charge is -2.75. The molecule has 2 N–H and O–H groups in total. The third-order valence-corrected chi connectivity index (χ3v) is 13.9.